The van der Waals surface area contributed by atoms with Gasteiger partial charge < -0.3 is 20.7 Å². The van der Waals surface area contributed by atoms with Crippen molar-refractivity contribution in [3.05, 3.63) is 41.6 Å². The Balaban J connectivity index is 1.57. The average molecular weight is 355 g/mol. The van der Waals surface area contributed by atoms with Crippen LogP contribution in [0.5, 0.6) is 0 Å². The number of carbonyl (C=O) groups excluding carboxylic acids is 2. The number of ether oxygens (including phenoxy) is 1. The third kappa shape index (κ3) is 4.27. The standard InChI is InChI=1S/C18H21N5O3/c1-12-11-15(22-17(19)21-12)13-3-5-14(6-4-13)16(24)20-7-9-23-8-2-10-26-18(23)25/h3-6,11H,2,7-10H2,1H3,(H,20,24)(H2,19,21,22). The molecule has 0 bridgehead atoms. The number of nitrogens with two attached hydrogens (primary N) is 1. The summed E-state index contributed by atoms with van der Waals surface area (Å²) in [7, 11) is 0. The van der Waals surface area contributed by atoms with E-state index in [1.54, 1.807) is 17.0 Å². The lowest BCUT2D eigenvalue weighted by Crippen LogP contribution is -2.42. The second-order valence-corrected chi connectivity index (χ2v) is 6.04. The van der Waals surface area contributed by atoms with Gasteiger partial charge in [0.15, 0.2) is 0 Å². The van der Waals surface area contributed by atoms with Gasteiger partial charge in [-0.25, -0.2) is 14.8 Å². The number of aromatic nitrogens is 2. The van der Waals surface area contributed by atoms with Gasteiger partial charge in [0.05, 0.1) is 12.3 Å². The maximum atomic E-state index is 12.2. The highest BCUT2D eigenvalue weighted by Gasteiger charge is 2.19. The summed E-state index contributed by atoms with van der Waals surface area (Å²) in [4.78, 5) is 33.6. The summed E-state index contributed by atoms with van der Waals surface area (Å²) in [5.74, 6) is 0.0263. The van der Waals surface area contributed by atoms with Gasteiger partial charge in [0.2, 0.25) is 5.95 Å². The first-order valence-electron chi connectivity index (χ1n) is 8.44. The van der Waals surface area contributed by atoms with Crippen molar-refractivity contribution in [1.29, 1.82) is 0 Å². The second-order valence-electron chi connectivity index (χ2n) is 6.04. The Bertz CT molecular complexity index is 787. The smallest absolute Gasteiger partial charge is 0.409 e. The Morgan fingerprint density at radius 1 is 1.31 bits per heavy atom. The van der Waals surface area contributed by atoms with Crippen molar-refractivity contribution in [3.8, 4) is 11.3 Å². The average Bonchev–Trinajstić information content (AvgIpc) is 2.62. The summed E-state index contributed by atoms with van der Waals surface area (Å²) in [5.41, 5.74) is 8.57. The number of carbonyl (C=O) groups is 2. The van der Waals surface area contributed by atoms with Gasteiger partial charge in [-0.05, 0) is 31.5 Å². The van der Waals surface area contributed by atoms with Gasteiger partial charge in [-0.15, -0.1) is 0 Å². The molecule has 1 saturated heterocycles. The van der Waals surface area contributed by atoms with E-state index in [1.165, 1.54) is 0 Å². The number of benzene rings is 1. The lowest BCUT2D eigenvalue weighted by Gasteiger charge is -2.26. The molecule has 1 aliphatic rings. The number of hydrogen-bond donors (Lipinski definition) is 2. The van der Waals surface area contributed by atoms with E-state index in [1.807, 2.05) is 25.1 Å². The van der Waals surface area contributed by atoms with E-state index in [0.717, 1.165) is 17.7 Å². The Morgan fingerprint density at radius 3 is 2.77 bits per heavy atom. The molecule has 8 nitrogen and oxygen atoms in total. The quantitative estimate of drug-likeness (QED) is 0.843. The number of aryl methyl sites for hydroxylation is 1. The van der Waals surface area contributed by atoms with E-state index in [0.29, 0.717) is 37.5 Å². The number of rotatable bonds is 5. The lowest BCUT2D eigenvalue weighted by molar-refractivity contribution is 0.0719. The van der Waals surface area contributed by atoms with Crippen LogP contribution in [-0.2, 0) is 4.74 Å². The Hall–Kier alpha value is -3.16. The summed E-state index contributed by atoms with van der Waals surface area (Å²) in [6, 6.07) is 8.93. The molecule has 136 valence electrons. The van der Waals surface area contributed by atoms with Gasteiger partial charge in [-0.3, -0.25) is 4.79 Å². The highest BCUT2D eigenvalue weighted by atomic mass is 16.6. The predicted molar refractivity (Wildman–Crippen MR) is 96.5 cm³/mol. The molecule has 0 atom stereocenters. The predicted octanol–water partition coefficient (Wildman–Crippen LogP) is 1.61. The Labute approximate surface area is 151 Å². The normalized spacial score (nSPS) is 14.0. The number of hydrogen-bond acceptors (Lipinski definition) is 6. The third-order valence-corrected chi connectivity index (χ3v) is 4.04. The molecular weight excluding hydrogens is 334 g/mol. The van der Waals surface area contributed by atoms with Gasteiger partial charge in [0, 0.05) is 36.5 Å². The fraction of sp³-hybridized carbons (Fsp3) is 0.333. The summed E-state index contributed by atoms with van der Waals surface area (Å²) in [6.45, 7) is 3.78. The van der Waals surface area contributed by atoms with Crippen molar-refractivity contribution in [2.45, 2.75) is 13.3 Å². The number of nitrogen functional groups attached to an aromatic ring is 1. The van der Waals surface area contributed by atoms with Gasteiger partial charge in [-0.1, -0.05) is 12.1 Å². The molecule has 1 fully saturated rings. The molecule has 2 heterocycles. The van der Waals surface area contributed by atoms with Crippen molar-refractivity contribution in [2.24, 2.45) is 0 Å². The molecule has 1 aromatic carbocycles. The zero-order valence-electron chi connectivity index (χ0n) is 14.6. The van der Waals surface area contributed by atoms with Crippen LogP contribution >= 0.6 is 0 Å². The minimum absolute atomic E-state index is 0.194. The molecular formula is C18H21N5O3. The van der Waals surface area contributed by atoms with E-state index in [2.05, 4.69) is 15.3 Å². The Kier molecular flexibility index (Phi) is 5.31. The van der Waals surface area contributed by atoms with Crippen LogP contribution in [0.1, 0.15) is 22.5 Å². The zero-order valence-corrected chi connectivity index (χ0v) is 14.6. The fourth-order valence-electron chi connectivity index (χ4n) is 2.74. The van der Waals surface area contributed by atoms with E-state index < -0.39 is 0 Å². The van der Waals surface area contributed by atoms with Crippen LogP contribution in [0.3, 0.4) is 0 Å². The molecule has 8 heteroatoms. The molecule has 1 aliphatic heterocycles. The van der Waals surface area contributed by atoms with Gasteiger partial charge in [0.25, 0.3) is 5.91 Å². The van der Waals surface area contributed by atoms with Crippen molar-refractivity contribution >= 4 is 17.9 Å². The topological polar surface area (TPSA) is 110 Å². The molecule has 2 aromatic rings. The zero-order chi connectivity index (χ0) is 18.5. The lowest BCUT2D eigenvalue weighted by atomic mass is 10.1. The summed E-state index contributed by atoms with van der Waals surface area (Å²) in [5, 5.41) is 2.81. The minimum Gasteiger partial charge on any atom is -0.449 e. The van der Waals surface area contributed by atoms with E-state index in [-0.39, 0.29) is 17.9 Å². The molecule has 0 radical (unpaired) electrons. The van der Waals surface area contributed by atoms with E-state index >= 15 is 0 Å². The van der Waals surface area contributed by atoms with Crippen molar-refractivity contribution in [1.82, 2.24) is 20.2 Å². The van der Waals surface area contributed by atoms with Gasteiger partial charge in [-0.2, -0.15) is 0 Å². The van der Waals surface area contributed by atoms with Crippen molar-refractivity contribution < 1.29 is 14.3 Å². The van der Waals surface area contributed by atoms with Crippen molar-refractivity contribution in [2.75, 3.05) is 32.0 Å². The molecule has 26 heavy (non-hydrogen) atoms. The second kappa shape index (κ2) is 7.81. The van der Waals surface area contributed by atoms with Crippen LogP contribution < -0.4 is 11.1 Å². The maximum absolute atomic E-state index is 12.2. The van der Waals surface area contributed by atoms with E-state index in [9.17, 15) is 9.59 Å². The Morgan fingerprint density at radius 2 is 2.08 bits per heavy atom. The highest BCUT2D eigenvalue weighted by molar-refractivity contribution is 5.94. The highest BCUT2D eigenvalue weighted by Crippen LogP contribution is 2.19. The first-order valence-corrected chi connectivity index (χ1v) is 8.44. The monoisotopic (exact) mass is 355 g/mol. The molecule has 3 rings (SSSR count). The number of amides is 2. The van der Waals surface area contributed by atoms with Crippen LogP contribution in [0.2, 0.25) is 0 Å². The molecule has 1 aromatic heterocycles. The van der Waals surface area contributed by atoms with Crippen molar-refractivity contribution in [3.63, 3.8) is 0 Å². The number of anilines is 1. The number of nitrogens with one attached hydrogen (secondary N) is 1. The largest absolute Gasteiger partial charge is 0.449 e. The first-order chi connectivity index (χ1) is 12.5. The van der Waals surface area contributed by atoms with Crippen LogP contribution in [0, 0.1) is 6.92 Å². The SMILES string of the molecule is Cc1cc(-c2ccc(C(=O)NCCN3CCCOC3=O)cc2)nc(N)n1. The molecule has 0 unspecified atom stereocenters. The van der Waals surface area contributed by atoms with Crippen LogP contribution in [0.4, 0.5) is 10.7 Å². The van der Waals surface area contributed by atoms with Gasteiger partial charge in [0.1, 0.15) is 0 Å². The third-order valence-electron chi connectivity index (χ3n) is 4.04. The summed E-state index contributed by atoms with van der Waals surface area (Å²) < 4.78 is 4.96. The van der Waals surface area contributed by atoms with Crippen LogP contribution in [0.15, 0.2) is 30.3 Å². The van der Waals surface area contributed by atoms with Gasteiger partial charge >= 0.3 is 6.09 Å². The molecule has 3 N–H and O–H groups in total. The molecule has 0 aliphatic carbocycles. The summed E-state index contributed by atoms with van der Waals surface area (Å²) >= 11 is 0. The first kappa shape index (κ1) is 17.7. The van der Waals surface area contributed by atoms with E-state index in [4.69, 9.17) is 10.5 Å². The number of cyclic esters (lactones) is 1. The van der Waals surface area contributed by atoms with Crippen LogP contribution in [0.25, 0.3) is 11.3 Å². The van der Waals surface area contributed by atoms with Crippen LogP contribution in [-0.4, -0.2) is 53.1 Å². The number of nitrogens with zero attached hydrogens (tertiary/aromatic N) is 3. The molecule has 0 spiro atoms. The molecule has 2 amide bonds. The minimum atomic E-state index is -0.325. The molecule has 0 saturated carbocycles. The summed E-state index contributed by atoms with van der Waals surface area (Å²) in [6.07, 6.45) is 0.489. The fourth-order valence-corrected chi connectivity index (χ4v) is 2.74. The maximum Gasteiger partial charge on any atom is 0.409 e.